The fourth-order valence-corrected chi connectivity index (χ4v) is 2.41. The Morgan fingerprint density at radius 3 is 2.58 bits per heavy atom. The summed E-state index contributed by atoms with van der Waals surface area (Å²) < 4.78 is 1.61. The van der Waals surface area contributed by atoms with Gasteiger partial charge >= 0.3 is 0 Å². The van der Waals surface area contributed by atoms with Crippen molar-refractivity contribution in [2.75, 3.05) is 0 Å². The Balaban J connectivity index is 2.45. The molecule has 2 heterocycles. The van der Waals surface area contributed by atoms with E-state index in [2.05, 4.69) is 15.1 Å². The van der Waals surface area contributed by atoms with Crippen LogP contribution in [0.2, 0.25) is 0 Å². The monoisotopic (exact) mass is 278 g/mol. The number of hydrogen-bond donors (Lipinski definition) is 1. The van der Waals surface area contributed by atoms with Crippen molar-refractivity contribution >= 4 is 23.3 Å². The summed E-state index contributed by atoms with van der Waals surface area (Å²) in [4.78, 5) is 20.2. The molecule has 7 heteroatoms. The number of carbonyl (C=O) groups excluding carboxylic acids is 1. The number of thioether (sulfide) groups is 1. The van der Waals surface area contributed by atoms with Crippen molar-refractivity contribution in [3.63, 3.8) is 0 Å². The first-order valence-corrected chi connectivity index (χ1v) is 6.50. The zero-order valence-corrected chi connectivity index (χ0v) is 11.9. The third-order valence-electron chi connectivity index (χ3n) is 2.44. The van der Waals surface area contributed by atoms with E-state index in [1.54, 1.807) is 4.52 Å². The van der Waals surface area contributed by atoms with E-state index < -0.39 is 0 Å². The van der Waals surface area contributed by atoms with Crippen LogP contribution in [0, 0.1) is 13.8 Å². The Kier molecular flexibility index (Phi) is 3.57. The summed E-state index contributed by atoms with van der Waals surface area (Å²) in [5, 5.41) is 14.1. The predicted molar refractivity (Wildman–Crippen MR) is 72.1 cm³/mol. The van der Waals surface area contributed by atoms with Crippen molar-refractivity contribution in [3.05, 3.63) is 28.1 Å². The molecule has 2 aromatic heterocycles. The van der Waals surface area contributed by atoms with Crippen LogP contribution in [0.1, 0.15) is 25.2 Å². The minimum atomic E-state index is -0.218. The molecule has 100 valence electrons. The first kappa shape index (κ1) is 13.5. The summed E-state index contributed by atoms with van der Waals surface area (Å²) in [6, 6.07) is 1.90. The van der Waals surface area contributed by atoms with E-state index in [0.29, 0.717) is 10.9 Å². The molecule has 1 N–H and O–H groups in total. The van der Waals surface area contributed by atoms with Crippen molar-refractivity contribution in [3.8, 4) is 0 Å². The molecule has 0 aliphatic heterocycles. The normalized spacial score (nSPS) is 12.6. The second kappa shape index (κ2) is 5.00. The third kappa shape index (κ3) is 2.76. The SMILES string of the molecule is CC(=O)/C(Sc1nc2nc(C)cc(C)n2n1)=C(/C)O. The highest BCUT2D eigenvalue weighted by molar-refractivity contribution is 8.03. The molecule has 19 heavy (non-hydrogen) atoms. The quantitative estimate of drug-likeness (QED) is 0.526. The highest BCUT2D eigenvalue weighted by Crippen LogP contribution is 2.26. The highest BCUT2D eigenvalue weighted by atomic mass is 32.2. The van der Waals surface area contributed by atoms with Crippen molar-refractivity contribution < 1.29 is 9.90 Å². The number of aliphatic hydroxyl groups is 1. The van der Waals surface area contributed by atoms with E-state index in [1.807, 2.05) is 19.9 Å². The van der Waals surface area contributed by atoms with Gasteiger partial charge in [-0.1, -0.05) is 0 Å². The minimum absolute atomic E-state index is 0.0304. The lowest BCUT2D eigenvalue weighted by molar-refractivity contribution is -0.113. The van der Waals surface area contributed by atoms with Crippen molar-refractivity contribution in [1.29, 1.82) is 0 Å². The van der Waals surface area contributed by atoms with Gasteiger partial charge in [-0.3, -0.25) is 4.79 Å². The van der Waals surface area contributed by atoms with Crippen LogP contribution in [0.5, 0.6) is 0 Å². The molecule has 0 saturated heterocycles. The fourth-order valence-electron chi connectivity index (χ4n) is 1.68. The van der Waals surface area contributed by atoms with Gasteiger partial charge in [0.15, 0.2) is 5.78 Å². The van der Waals surface area contributed by atoms with Crippen LogP contribution in [0.4, 0.5) is 0 Å². The van der Waals surface area contributed by atoms with E-state index in [0.717, 1.165) is 23.1 Å². The van der Waals surface area contributed by atoms with Gasteiger partial charge < -0.3 is 5.11 Å². The number of carbonyl (C=O) groups is 1. The number of fused-ring (bicyclic) bond motifs is 1. The lowest BCUT2D eigenvalue weighted by Crippen LogP contribution is -1.98. The van der Waals surface area contributed by atoms with Crippen molar-refractivity contribution in [1.82, 2.24) is 19.6 Å². The second-order valence-corrected chi connectivity index (χ2v) is 5.20. The Hall–Kier alpha value is -1.89. The molecule has 2 aromatic rings. The minimum Gasteiger partial charge on any atom is -0.511 e. The molecule has 0 amide bonds. The van der Waals surface area contributed by atoms with Crippen LogP contribution < -0.4 is 0 Å². The highest BCUT2D eigenvalue weighted by Gasteiger charge is 2.15. The molecular weight excluding hydrogens is 264 g/mol. The van der Waals surface area contributed by atoms with E-state index in [1.165, 1.54) is 13.8 Å². The smallest absolute Gasteiger partial charge is 0.253 e. The summed E-state index contributed by atoms with van der Waals surface area (Å²) in [5.41, 5.74) is 1.77. The first-order valence-electron chi connectivity index (χ1n) is 5.68. The molecule has 2 rings (SSSR count). The van der Waals surface area contributed by atoms with Gasteiger partial charge in [0, 0.05) is 11.4 Å². The lowest BCUT2D eigenvalue weighted by atomic mass is 10.4. The average Bonchev–Trinajstić information content (AvgIpc) is 2.67. The topological polar surface area (TPSA) is 80.4 Å². The van der Waals surface area contributed by atoms with Crippen LogP contribution in [-0.4, -0.2) is 30.5 Å². The Morgan fingerprint density at radius 1 is 1.32 bits per heavy atom. The number of aryl methyl sites for hydroxylation is 2. The summed E-state index contributed by atoms with van der Waals surface area (Å²) in [6.07, 6.45) is 0. The number of nitrogens with zero attached hydrogens (tertiary/aromatic N) is 4. The number of Topliss-reactive ketones (excluding diaryl/α,β-unsaturated/α-hetero) is 1. The van der Waals surface area contributed by atoms with Crippen LogP contribution >= 0.6 is 11.8 Å². The summed E-state index contributed by atoms with van der Waals surface area (Å²) in [6.45, 7) is 6.65. The van der Waals surface area contributed by atoms with Gasteiger partial charge in [0.25, 0.3) is 5.78 Å². The van der Waals surface area contributed by atoms with Gasteiger partial charge in [0.2, 0.25) is 5.16 Å². The van der Waals surface area contributed by atoms with Gasteiger partial charge in [-0.05, 0) is 45.5 Å². The number of hydrogen-bond acceptors (Lipinski definition) is 6. The Bertz CT molecular complexity index is 686. The molecule has 0 bridgehead atoms. The number of aliphatic hydroxyl groups excluding tert-OH is 1. The van der Waals surface area contributed by atoms with Crippen LogP contribution in [0.3, 0.4) is 0 Å². The van der Waals surface area contributed by atoms with Gasteiger partial charge in [-0.25, -0.2) is 9.50 Å². The molecule has 0 saturated carbocycles. The maximum atomic E-state index is 11.4. The fraction of sp³-hybridized carbons (Fsp3) is 0.333. The van der Waals surface area contributed by atoms with Gasteiger partial charge in [0.05, 0.1) is 4.91 Å². The lowest BCUT2D eigenvalue weighted by Gasteiger charge is -2.00. The number of ketones is 1. The summed E-state index contributed by atoms with van der Waals surface area (Å²) >= 11 is 1.04. The van der Waals surface area contributed by atoms with Gasteiger partial charge in [-0.15, -0.1) is 5.10 Å². The number of allylic oxidation sites excluding steroid dienone is 2. The maximum absolute atomic E-state index is 11.4. The molecule has 0 radical (unpaired) electrons. The summed E-state index contributed by atoms with van der Waals surface area (Å²) in [7, 11) is 0. The zero-order valence-electron chi connectivity index (χ0n) is 11.1. The summed E-state index contributed by atoms with van der Waals surface area (Å²) in [5.74, 6) is 0.237. The number of aromatic nitrogens is 4. The van der Waals surface area contributed by atoms with Gasteiger partial charge in [0.1, 0.15) is 5.76 Å². The third-order valence-corrected chi connectivity index (χ3v) is 3.58. The average molecular weight is 278 g/mol. The predicted octanol–water partition coefficient (Wildman–Crippen LogP) is 2.21. The van der Waals surface area contributed by atoms with Crippen LogP contribution in [-0.2, 0) is 4.79 Å². The molecule has 0 aromatic carbocycles. The molecule has 6 nitrogen and oxygen atoms in total. The molecular formula is C12H14N4O2S. The van der Waals surface area contributed by atoms with Crippen LogP contribution in [0.25, 0.3) is 5.78 Å². The standard InChI is InChI=1S/C12H14N4O2S/c1-6-5-7(2)16-11(13-6)14-12(15-16)19-10(8(3)17)9(4)18/h5,17H,1-4H3/b10-8+. The molecule has 0 atom stereocenters. The van der Waals surface area contributed by atoms with E-state index in [9.17, 15) is 9.90 Å². The first-order chi connectivity index (χ1) is 8.88. The maximum Gasteiger partial charge on any atom is 0.253 e. The molecule has 0 aliphatic carbocycles. The van der Waals surface area contributed by atoms with Crippen LogP contribution in [0.15, 0.2) is 21.9 Å². The van der Waals surface area contributed by atoms with E-state index in [-0.39, 0.29) is 16.4 Å². The molecule has 0 unspecified atom stereocenters. The van der Waals surface area contributed by atoms with Gasteiger partial charge in [-0.2, -0.15) is 4.98 Å². The second-order valence-electron chi connectivity index (χ2n) is 4.22. The molecule has 0 aliphatic rings. The van der Waals surface area contributed by atoms with E-state index >= 15 is 0 Å². The Morgan fingerprint density at radius 2 is 2.00 bits per heavy atom. The van der Waals surface area contributed by atoms with Crippen molar-refractivity contribution in [2.45, 2.75) is 32.9 Å². The zero-order chi connectivity index (χ0) is 14.2. The number of rotatable bonds is 3. The van der Waals surface area contributed by atoms with E-state index in [4.69, 9.17) is 0 Å². The molecule has 0 fully saturated rings. The Labute approximate surface area is 114 Å². The van der Waals surface area contributed by atoms with Crippen molar-refractivity contribution in [2.24, 2.45) is 0 Å². The molecule has 0 spiro atoms. The largest absolute Gasteiger partial charge is 0.511 e.